The summed E-state index contributed by atoms with van der Waals surface area (Å²) in [4.78, 5) is 9.16. The van der Waals surface area contributed by atoms with Crippen LogP contribution in [0.3, 0.4) is 0 Å². The van der Waals surface area contributed by atoms with E-state index >= 15 is 0 Å². The molecule has 21 heavy (non-hydrogen) atoms. The van der Waals surface area contributed by atoms with Crippen molar-refractivity contribution in [3.63, 3.8) is 0 Å². The Morgan fingerprint density at radius 1 is 1.29 bits per heavy atom. The van der Waals surface area contributed by atoms with Gasteiger partial charge in [0.15, 0.2) is 17.3 Å². The third kappa shape index (κ3) is 2.91. The molecule has 1 heterocycles. The molecule has 0 spiro atoms. The van der Waals surface area contributed by atoms with E-state index in [1.54, 1.807) is 12.1 Å². The van der Waals surface area contributed by atoms with E-state index in [2.05, 4.69) is 15.3 Å². The molecule has 1 aliphatic carbocycles. The zero-order valence-electron chi connectivity index (χ0n) is 12.3. The van der Waals surface area contributed by atoms with Crippen molar-refractivity contribution in [2.45, 2.75) is 25.7 Å². The third-order valence-corrected chi connectivity index (χ3v) is 3.52. The van der Waals surface area contributed by atoms with Crippen LogP contribution in [-0.4, -0.2) is 28.7 Å². The predicted octanol–water partition coefficient (Wildman–Crippen LogP) is 3.17. The SMILES string of the molecule is CCOc1cc(-c2nc(NC)cc(C3CC3)n2)ccc1O. The third-order valence-electron chi connectivity index (χ3n) is 3.52. The topological polar surface area (TPSA) is 67.3 Å². The lowest BCUT2D eigenvalue weighted by Crippen LogP contribution is -2.00. The summed E-state index contributed by atoms with van der Waals surface area (Å²) in [5.74, 6) is 2.62. The summed E-state index contributed by atoms with van der Waals surface area (Å²) >= 11 is 0. The van der Waals surface area contributed by atoms with E-state index < -0.39 is 0 Å². The zero-order chi connectivity index (χ0) is 14.8. The Bertz CT molecular complexity index is 654. The highest BCUT2D eigenvalue weighted by atomic mass is 16.5. The van der Waals surface area contributed by atoms with Crippen LogP contribution in [0.4, 0.5) is 5.82 Å². The molecule has 0 amide bonds. The number of rotatable bonds is 5. The molecule has 3 rings (SSSR count). The molecule has 0 unspecified atom stereocenters. The molecule has 1 aromatic carbocycles. The van der Waals surface area contributed by atoms with Gasteiger partial charge in [-0.3, -0.25) is 0 Å². The number of phenolic OH excluding ortho intramolecular Hbond substituents is 1. The highest BCUT2D eigenvalue weighted by Gasteiger charge is 2.26. The van der Waals surface area contributed by atoms with Crippen molar-refractivity contribution >= 4 is 5.82 Å². The number of phenols is 1. The maximum atomic E-state index is 9.79. The molecule has 1 aliphatic rings. The molecule has 5 nitrogen and oxygen atoms in total. The van der Waals surface area contributed by atoms with Crippen LogP contribution in [0.5, 0.6) is 11.5 Å². The first-order valence-electron chi connectivity index (χ1n) is 7.24. The monoisotopic (exact) mass is 285 g/mol. The van der Waals surface area contributed by atoms with E-state index in [-0.39, 0.29) is 5.75 Å². The summed E-state index contributed by atoms with van der Waals surface area (Å²) in [6.07, 6.45) is 2.39. The molecule has 1 aromatic heterocycles. The van der Waals surface area contributed by atoms with E-state index in [9.17, 15) is 5.11 Å². The largest absolute Gasteiger partial charge is 0.504 e. The van der Waals surface area contributed by atoms with Crippen molar-refractivity contribution in [1.82, 2.24) is 9.97 Å². The zero-order valence-corrected chi connectivity index (χ0v) is 12.3. The van der Waals surface area contributed by atoms with Crippen LogP contribution < -0.4 is 10.1 Å². The Balaban J connectivity index is 2.02. The number of nitrogens with zero attached hydrogens (tertiary/aromatic N) is 2. The van der Waals surface area contributed by atoms with Gasteiger partial charge in [-0.2, -0.15) is 0 Å². The molecule has 1 saturated carbocycles. The van der Waals surface area contributed by atoms with Gasteiger partial charge in [-0.15, -0.1) is 0 Å². The molecule has 0 saturated heterocycles. The minimum Gasteiger partial charge on any atom is -0.504 e. The number of nitrogens with one attached hydrogen (secondary N) is 1. The molecule has 110 valence electrons. The summed E-state index contributed by atoms with van der Waals surface area (Å²) in [6, 6.07) is 7.21. The van der Waals surface area contributed by atoms with Gasteiger partial charge in [0.25, 0.3) is 0 Å². The summed E-state index contributed by atoms with van der Waals surface area (Å²) < 4.78 is 5.42. The highest BCUT2D eigenvalue weighted by Crippen LogP contribution is 2.40. The van der Waals surface area contributed by atoms with Crippen molar-refractivity contribution in [1.29, 1.82) is 0 Å². The Kier molecular flexibility index (Phi) is 3.64. The summed E-state index contributed by atoms with van der Waals surface area (Å²) in [5, 5.41) is 12.9. The Labute approximate surface area is 124 Å². The smallest absolute Gasteiger partial charge is 0.161 e. The van der Waals surface area contributed by atoms with Crippen LogP contribution in [-0.2, 0) is 0 Å². The van der Waals surface area contributed by atoms with Crippen molar-refractivity contribution < 1.29 is 9.84 Å². The van der Waals surface area contributed by atoms with Crippen molar-refractivity contribution in [2.24, 2.45) is 0 Å². The molecule has 5 heteroatoms. The molecule has 0 atom stereocenters. The highest BCUT2D eigenvalue weighted by molar-refractivity contribution is 5.62. The molecular formula is C16H19N3O2. The molecule has 1 fully saturated rings. The van der Waals surface area contributed by atoms with E-state index in [1.165, 1.54) is 12.8 Å². The number of hydrogen-bond donors (Lipinski definition) is 2. The quantitative estimate of drug-likeness (QED) is 0.883. The number of aromatic hydroxyl groups is 1. The Morgan fingerprint density at radius 3 is 2.76 bits per heavy atom. The van der Waals surface area contributed by atoms with Crippen LogP contribution in [0.25, 0.3) is 11.4 Å². The fourth-order valence-electron chi connectivity index (χ4n) is 2.24. The van der Waals surface area contributed by atoms with Gasteiger partial charge in [0, 0.05) is 30.3 Å². The average molecular weight is 285 g/mol. The number of anilines is 1. The van der Waals surface area contributed by atoms with Crippen LogP contribution in [0, 0.1) is 0 Å². The van der Waals surface area contributed by atoms with Gasteiger partial charge >= 0.3 is 0 Å². The summed E-state index contributed by atoms with van der Waals surface area (Å²) in [5.41, 5.74) is 1.92. The summed E-state index contributed by atoms with van der Waals surface area (Å²) in [7, 11) is 1.85. The second-order valence-corrected chi connectivity index (χ2v) is 5.14. The minimum absolute atomic E-state index is 0.132. The fourth-order valence-corrected chi connectivity index (χ4v) is 2.24. The van der Waals surface area contributed by atoms with Gasteiger partial charge in [-0.05, 0) is 38.0 Å². The lowest BCUT2D eigenvalue weighted by Gasteiger charge is -2.10. The van der Waals surface area contributed by atoms with Crippen LogP contribution in [0.1, 0.15) is 31.4 Å². The lowest BCUT2D eigenvalue weighted by atomic mass is 10.1. The minimum atomic E-state index is 0.132. The molecular weight excluding hydrogens is 266 g/mol. The fraction of sp³-hybridized carbons (Fsp3) is 0.375. The van der Waals surface area contributed by atoms with Gasteiger partial charge in [0.1, 0.15) is 5.82 Å². The standard InChI is InChI=1S/C16H19N3O2/c1-3-21-14-8-11(6-7-13(14)20)16-18-12(10-4-5-10)9-15(17-2)19-16/h6-10,20H,3-5H2,1-2H3,(H,17,18,19). The van der Waals surface area contributed by atoms with Gasteiger partial charge < -0.3 is 15.2 Å². The number of ether oxygens (including phenoxy) is 1. The summed E-state index contributed by atoms with van der Waals surface area (Å²) in [6.45, 7) is 2.39. The molecule has 0 aliphatic heterocycles. The normalized spacial score (nSPS) is 14.0. The van der Waals surface area contributed by atoms with Crippen LogP contribution in [0.2, 0.25) is 0 Å². The predicted molar refractivity (Wildman–Crippen MR) is 81.8 cm³/mol. The van der Waals surface area contributed by atoms with Crippen LogP contribution in [0.15, 0.2) is 24.3 Å². The second kappa shape index (κ2) is 5.60. The molecule has 0 radical (unpaired) electrons. The molecule has 0 bridgehead atoms. The van der Waals surface area contributed by atoms with Gasteiger partial charge in [-0.1, -0.05) is 0 Å². The van der Waals surface area contributed by atoms with Gasteiger partial charge in [0.2, 0.25) is 0 Å². The Hall–Kier alpha value is -2.30. The first-order valence-corrected chi connectivity index (χ1v) is 7.24. The van der Waals surface area contributed by atoms with E-state index in [0.717, 1.165) is 17.1 Å². The number of aromatic nitrogens is 2. The van der Waals surface area contributed by atoms with Crippen molar-refractivity contribution in [3.05, 3.63) is 30.0 Å². The van der Waals surface area contributed by atoms with E-state index in [1.807, 2.05) is 26.1 Å². The molecule has 2 aromatic rings. The molecule has 2 N–H and O–H groups in total. The van der Waals surface area contributed by atoms with E-state index in [0.29, 0.717) is 24.1 Å². The van der Waals surface area contributed by atoms with E-state index in [4.69, 9.17) is 4.74 Å². The van der Waals surface area contributed by atoms with Crippen molar-refractivity contribution in [2.75, 3.05) is 19.0 Å². The van der Waals surface area contributed by atoms with Crippen molar-refractivity contribution in [3.8, 4) is 22.9 Å². The maximum absolute atomic E-state index is 9.79. The maximum Gasteiger partial charge on any atom is 0.161 e. The number of benzene rings is 1. The number of hydrogen-bond acceptors (Lipinski definition) is 5. The van der Waals surface area contributed by atoms with Gasteiger partial charge in [-0.25, -0.2) is 9.97 Å². The Morgan fingerprint density at radius 2 is 2.10 bits per heavy atom. The lowest BCUT2D eigenvalue weighted by molar-refractivity contribution is 0.318. The first kappa shape index (κ1) is 13.7. The second-order valence-electron chi connectivity index (χ2n) is 5.14. The van der Waals surface area contributed by atoms with Crippen LogP contribution >= 0.6 is 0 Å². The average Bonchev–Trinajstić information content (AvgIpc) is 3.34. The van der Waals surface area contributed by atoms with Gasteiger partial charge in [0.05, 0.1) is 6.61 Å². The first-order chi connectivity index (χ1) is 10.2.